The quantitative estimate of drug-likeness (QED) is 0.445. The molecule has 0 bridgehead atoms. The third kappa shape index (κ3) is 3.30. The molecule has 0 radical (unpaired) electrons. The zero-order chi connectivity index (χ0) is 18.1. The van der Waals surface area contributed by atoms with Crippen LogP contribution in [0, 0.1) is 0 Å². The molecule has 9 heteroatoms. The maximum absolute atomic E-state index is 12.3. The largest absolute Gasteiger partial charge is 0.362 e. The topological polar surface area (TPSA) is 91.4 Å². The number of carbonyl (C=O) groups excluding carboxylic acids is 3. The van der Waals surface area contributed by atoms with Gasteiger partial charge in [0, 0.05) is 18.0 Å². The van der Waals surface area contributed by atoms with E-state index in [0.29, 0.717) is 5.13 Å². The SMILES string of the molecule is CCCNc1ncc(C(=O)C(=O)NC2C(=O)N3C(C)=C(C)CSC23)s1. The van der Waals surface area contributed by atoms with E-state index in [2.05, 4.69) is 15.6 Å². The lowest BCUT2D eigenvalue weighted by atomic mass is 10.0. The molecule has 2 aliphatic heterocycles. The van der Waals surface area contributed by atoms with Crippen LogP contribution in [-0.2, 0) is 9.59 Å². The molecular formula is C16H20N4O3S2. The van der Waals surface area contributed by atoms with Gasteiger partial charge in [-0.15, -0.1) is 11.8 Å². The summed E-state index contributed by atoms with van der Waals surface area (Å²) < 4.78 is 0. The van der Waals surface area contributed by atoms with E-state index in [9.17, 15) is 14.4 Å². The van der Waals surface area contributed by atoms with Crippen LogP contribution in [0.3, 0.4) is 0 Å². The molecule has 0 saturated carbocycles. The molecule has 2 aliphatic rings. The van der Waals surface area contributed by atoms with Gasteiger partial charge in [0.2, 0.25) is 0 Å². The van der Waals surface area contributed by atoms with Crippen LogP contribution in [-0.4, -0.2) is 51.2 Å². The van der Waals surface area contributed by atoms with Gasteiger partial charge in [0.1, 0.15) is 16.3 Å². The fourth-order valence-corrected chi connectivity index (χ4v) is 4.85. The lowest BCUT2D eigenvalue weighted by Crippen LogP contribution is -2.70. The standard InChI is InChI=1S/C16H20N4O3S2/c1-4-5-17-16-18-6-10(25-16)12(21)13(22)19-11-14(23)20-9(3)8(2)7-24-15(11)20/h6,11,15H,4-5,7H2,1-3H3,(H,17,18)(H,19,22). The van der Waals surface area contributed by atoms with E-state index in [-0.39, 0.29) is 16.2 Å². The molecule has 2 atom stereocenters. The van der Waals surface area contributed by atoms with Gasteiger partial charge in [0.15, 0.2) is 5.13 Å². The minimum absolute atomic E-state index is 0.129. The first-order valence-electron chi connectivity index (χ1n) is 8.10. The number of β-lactam (4-membered cyclic amide) rings is 1. The Kier molecular flexibility index (Phi) is 5.14. The first-order valence-corrected chi connectivity index (χ1v) is 9.96. The second-order valence-electron chi connectivity index (χ2n) is 6.01. The average Bonchev–Trinajstić information content (AvgIpc) is 3.07. The Labute approximate surface area is 154 Å². The summed E-state index contributed by atoms with van der Waals surface area (Å²) in [4.78, 5) is 42.9. The van der Waals surface area contributed by atoms with E-state index in [1.807, 2.05) is 20.8 Å². The summed E-state index contributed by atoms with van der Waals surface area (Å²) in [5.74, 6) is -0.752. The fraction of sp³-hybridized carbons (Fsp3) is 0.500. The van der Waals surface area contributed by atoms with Crippen molar-refractivity contribution in [1.29, 1.82) is 0 Å². The summed E-state index contributed by atoms with van der Waals surface area (Å²) in [7, 11) is 0. The van der Waals surface area contributed by atoms with Gasteiger partial charge in [-0.25, -0.2) is 4.98 Å². The molecule has 1 aromatic rings. The molecule has 3 heterocycles. The van der Waals surface area contributed by atoms with Crippen LogP contribution in [0.1, 0.15) is 36.9 Å². The molecule has 2 amide bonds. The summed E-state index contributed by atoms with van der Waals surface area (Å²) >= 11 is 2.75. The third-order valence-corrected chi connectivity index (χ3v) is 6.62. The number of hydrogen-bond acceptors (Lipinski definition) is 7. The maximum atomic E-state index is 12.3. The number of hydrogen-bond donors (Lipinski definition) is 2. The Morgan fingerprint density at radius 2 is 2.16 bits per heavy atom. The molecular weight excluding hydrogens is 360 g/mol. The van der Waals surface area contributed by atoms with Crippen molar-refractivity contribution < 1.29 is 14.4 Å². The van der Waals surface area contributed by atoms with Crippen molar-refractivity contribution in [2.45, 2.75) is 38.6 Å². The summed E-state index contributed by atoms with van der Waals surface area (Å²) in [5.41, 5.74) is 2.10. The monoisotopic (exact) mass is 380 g/mol. The number of fused-ring (bicyclic) bond motifs is 1. The Balaban J connectivity index is 1.62. The molecule has 2 unspecified atom stereocenters. The van der Waals surface area contributed by atoms with Crippen LogP contribution in [0.15, 0.2) is 17.5 Å². The van der Waals surface area contributed by atoms with E-state index < -0.39 is 17.7 Å². The van der Waals surface area contributed by atoms with E-state index in [0.717, 1.165) is 41.3 Å². The van der Waals surface area contributed by atoms with Crippen molar-refractivity contribution in [3.05, 3.63) is 22.3 Å². The van der Waals surface area contributed by atoms with E-state index in [1.54, 1.807) is 16.7 Å². The predicted molar refractivity (Wildman–Crippen MR) is 98.6 cm³/mol. The number of amides is 2. The lowest BCUT2D eigenvalue weighted by Gasteiger charge is -2.49. The molecule has 25 heavy (non-hydrogen) atoms. The molecule has 7 nitrogen and oxygen atoms in total. The van der Waals surface area contributed by atoms with Crippen molar-refractivity contribution in [3.63, 3.8) is 0 Å². The smallest absolute Gasteiger partial charge is 0.294 e. The van der Waals surface area contributed by atoms with Crippen LogP contribution in [0.2, 0.25) is 0 Å². The number of anilines is 1. The van der Waals surface area contributed by atoms with Crippen LogP contribution >= 0.6 is 23.1 Å². The van der Waals surface area contributed by atoms with Gasteiger partial charge in [0.05, 0.1) is 6.20 Å². The van der Waals surface area contributed by atoms with Crippen LogP contribution in [0.25, 0.3) is 0 Å². The fourth-order valence-electron chi connectivity index (χ4n) is 2.66. The van der Waals surface area contributed by atoms with E-state index >= 15 is 0 Å². The number of nitrogens with one attached hydrogen (secondary N) is 2. The van der Waals surface area contributed by atoms with Gasteiger partial charge in [-0.05, 0) is 25.8 Å². The van der Waals surface area contributed by atoms with Crippen LogP contribution < -0.4 is 10.6 Å². The van der Waals surface area contributed by atoms with Crippen molar-refractivity contribution in [3.8, 4) is 0 Å². The molecule has 1 aromatic heterocycles. The summed E-state index contributed by atoms with van der Waals surface area (Å²) in [6, 6.07) is -0.643. The van der Waals surface area contributed by atoms with Gasteiger partial charge in [-0.3, -0.25) is 19.3 Å². The third-order valence-electron chi connectivity index (χ3n) is 4.24. The highest BCUT2D eigenvalue weighted by atomic mass is 32.2. The number of allylic oxidation sites excluding steroid dienone is 1. The van der Waals surface area contributed by atoms with Gasteiger partial charge >= 0.3 is 0 Å². The van der Waals surface area contributed by atoms with Gasteiger partial charge in [0.25, 0.3) is 17.6 Å². The van der Waals surface area contributed by atoms with Gasteiger partial charge in [-0.1, -0.05) is 18.3 Å². The molecule has 3 rings (SSSR count). The lowest BCUT2D eigenvalue weighted by molar-refractivity contribution is -0.145. The van der Waals surface area contributed by atoms with Crippen molar-refractivity contribution in [2.24, 2.45) is 0 Å². The number of aromatic nitrogens is 1. The van der Waals surface area contributed by atoms with E-state index in [4.69, 9.17) is 0 Å². The molecule has 2 N–H and O–H groups in total. The predicted octanol–water partition coefficient (Wildman–Crippen LogP) is 1.84. The second kappa shape index (κ2) is 7.17. The maximum Gasteiger partial charge on any atom is 0.294 e. The Bertz CT molecular complexity index is 758. The Hall–Kier alpha value is -1.87. The number of thiazole rings is 1. The normalized spacial score (nSPS) is 22.4. The number of ketones is 1. The number of nitrogens with zero attached hydrogens (tertiary/aromatic N) is 2. The van der Waals surface area contributed by atoms with Crippen LogP contribution in [0.5, 0.6) is 0 Å². The molecule has 134 valence electrons. The van der Waals surface area contributed by atoms with Crippen LogP contribution in [0.4, 0.5) is 5.13 Å². The highest BCUT2D eigenvalue weighted by molar-refractivity contribution is 8.00. The highest BCUT2D eigenvalue weighted by Crippen LogP contribution is 2.39. The minimum Gasteiger partial charge on any atom is -0.362 e. The second-order valence-corrected chi connectivity index (χ2v) is 8.15. The van der Waals surface area contributed by atoms with Gasteiger partial charge in [-0.2, -0.15) is 0 Å². The van der Waals surface area contributed by atoms with Crippen molar-refractivity contribution in [2.75, 3.05) is 17.6 Å². The number of Topliss-reactive ketones (excluding diaryl/α,β-unsaturated/α-hetero) is 1. The molecule has 1 fully saturated rings. The zero-order valence-electron chi connectivity index (χ0n) is 14.3. The van der Waals surface area contributed by atoms with Crippen molar-refractivity contribution >= 4 is 45.8 Å². The first-order chi connectivity index (χ1) is 11.9. The first kappa shape index (κ1) is 17.9. The molecule has 0 spiro atoms. The molecule has 0 aromatic carbocycles. The molecule has 0 aliphatic carbocycles. The Morgan fingerprint density at radius 3 is 2.88 bits per heavy atom. The number of carbonyl (C=O) groups is 3. The molecule has 1 saturated heterocycles. The highest BCUT2D eigenvalue weighted by Gasteiger charge is 2.51. The minimum atomic E-state index is -0.756. The van der Waals surface area contributed by atoms with E-state index in [1.165, 1.54) is 6.20 Å². The Morgan fingerprint density at radius 1 is 1.40 bits per heavy atom. The summed E-state index contributed by atoms with van der Waals surface area (Å²) in [6.45, 7) is 6.69. The zero-order valence-corrected chi connectivity index (χ0v) is 15.9. The van der Waals surface area contributed by atoms with Gasteiger partial charge < -0.3 is 10.6 Å². The van der Waals surface area contributed by atoms with Crippen molar-refractivity contribution in [1.82, 2.24) is 15.2 Å². The number of rotatable bonds is 6. The average molecular weight is 380 g/mol. The summed E-state index contributed by atoms with van der Waals surface area (Å²) in [6.07, 6.45) is 2.33. The number of thioether (sulfide) groups is 1. The summed E-state index contributed by atoms with van der Waals surface area (Å²) in [5, 5.41) is 6.15.